The van der Waals surface area contributed by atoms with Gasteiger partial charge in [-0.1, -0.05) is 13.8 Å². The monoisotopic (exact) mass is 560 g/mol. The van der Waals surface area contributed by atoms with Gasteiger partial charge in [0.25, 0.3) is 5.91 Å². The highest BCUT2D eigenvalue weighted by Crippen LogP contribution is 2.31. The van der Waals surface area contributed by atoms with Crippen LogP contribution in [0.3, 0.4) is 0 Å². The number of cyclic esters (lactones) is 1. The van der Waals surface area contributed by atoms with Gasteiger partial charge in [-0.15, -0.1) is 0 Å². The maximum atomic E-state index is 15.1. The van der Waals surface area contributed by atoms with Crippen LogP contribution in [0, 0.1) is 17.6 Å². The van der Waals surface area contributed by atoms with Gasteiger partial charge in [0.2, 0.25) is 5.91 Å². The van der Waals surface area contributed by atoms with E-state index in [1.54, 1.807) is 23.2 Å². The van der Waals surface area contributed by atoms with E-state index in [0.717, 1.165) is 17.0 Å². The molecule has 2 atom stereocenters. The first-order valence-corrected chi connectivity index (χ1v) is 12.7. The molecule has 1 aromatic carbocycles. The van der Waals surface area contributed by atoms with Crippen LogP contribution in [-0.2, 0) is 9.53 Å². The van der Waals surface area contributed by atoms with Crippen LogP contribution in [0.5, 0.6) is 0 Å². The van der Waals surface area contributed by atoms with Crippen LogP contribution in [0.25, 0.3) is 0 Å². The summed E-state index contributed by atoms with van der Waals surface area (Å²) >= 11 is 0. The Kier molecular flexibility index (Phi) is 8.65. The van der Waals surface area contributed by atoms with Crippen molar-refractivity contribution in [2.24, 2.45) is 5.92 Å². The molecule has 40 heavy (non-hydrogen) atoms. The molecule has 0 unspecified atom stereocenters. The quantitative estimate of drug-likeness (QED) is 0.445. The molecule has 14 heteroatoms. The maximum Gasteiger partial charge on any atom is 0.414 e. The molecule has 12 nitrogen and oxygen atoms in total. The molecule has 4 rings (SSSR count). The number of ether oxygens (including phenoxy) is 1. The van der Waals surface area contributed by atoms with Crippen LogP contribution in [0.4, 0.5) is 29.7 Å². The number of carbonyl (C=O) groups excluding carboxylic acids is 3. The van der Waals surface area contributed by atoms with E-state index in [-0.39, 0.29) is 62.5 Å². The number of aromatic nitrogens is 1. The summed E-state index contributed by atoms with van der Waals surface area (Å²) in [5, 5.41) is 13.6. The van der Waals surface area contributed by atoms with Crippen molar-refractivity contribution in [2.75, 3.05) is 49.1 Å². The van der Waals surface area contributed by atoms with Crippen molar-refractivity contribution in [3.8, 4) is 0 Å². The Hall–Kier alpha value is -4.49. The van der Waals surface area contributed by atoms with Gasteiger partial charge in [0, 0.05) is 50.7 Å². The number of piperazine rings is 1. The average Bonchev–Trinajstić information content (AvgIpc) is 3.30. The number of hydrogen-bond acceptors (Lipinski definition) is 7. The van der Waals surface area contributed by atoms with E-state index in [0.29, 0.717) is 5.56 Å². The van der Waals surface area contributed by atoms with Crippen LogP contribution >= 0.6 is 0 Å². The third-order valence-corrected chi connectivity index (χ3v) is 6.72. The third-order valence-electron chi connectivity index (χ3n) is 6.72. The minimum absolute atomic E-state index is 0.0560. The van der Waals surface area contributed by atoms with Crippen molar-refractivity contribution in [2.45, 2.75) is 26.0 Å². The number of nitrogens with zero attached hydrogens (tertiary/aromatic N) is 4. The van der Waals surface area contributed by atoms with Crippen molar-refractivity contribution < 1.29 is 37.8 Å². The molecule has 0 bridgehead atoms. The third kappa shape index (κ3) is 6.38. The fraction of sp³-hybridized carbons (Fsp3) is 0.423. The van der Waals surface area contributed by atoms with Crippen molar-refractivity contribution in [1.29, 1.82) is 0 Å². The van der Waals surface area contributed by atoms with Crippen molar-refractivity contribution in [3.63, 3.8) is 0 Å². The highest BCUT2D eigenvalue weighted by atomic mass is 19.1. The lowest BCUT2D eigenvalue weighted by Crippen LogP contribution is -2.56. The van der Waals surface area contributed by atoms with Gasteiger partial charge in [0.1, 0.15) is 17.8 Å². The number of halogens is 2. The van der Waals surface area contributed by atoms with Crippen molar-refractivity contribution in [1.82, 2.24) is 20.5 Å². The van der Waals surface area contributed by atoms with Gasteiger partial charge in [-0.2, -0.15) is 0 Å². The van der Waals surface area contributed by atoms with Crippen LogP contribution in [0.1, 0.15) is 24.2 Å². The van der Waals surface area contributed by atoms with E-state index >= 15 is 8.78 Å². The molecule has 0 spiro atoms. The Labute approximate surface area is 228 Å². The topological polar surface area (TPSA) is 144 Å². The van der Waals surface area contributed by atoms with E-state index in [9.17, 15) is 19.2 Å². The SMILES string of the molecule is CC(C)[C@H](NC(=O)c1cccnc1)C(=O)N1CCN(c2c(F)cc(N3C[C@H](CNC(=O)O)OC3=O)cc2F)CC1. The number of hydrogen-bond donors (Lipinski definition) is 3. The van der Waals surface area contributed by atoms with E-state index in [1.165, 1.54) is 11.1 Å². The lowest BCUT2D eigenvalue weighted by atomic mass is 10.0. The van der Waals surface area contributed by atoms with Crippen LogP contribution in [0.2, 0.25) is 0 Å². The summed E-state index contributed by atoms with van der Waals surface area (Å²) in [6.07, 6.45) is 0.0207. The largest absolute Gasteiger partial charge is 0.465 e. The molecule has 2 aliphatic rings. The standard InChI is InChI=1S/C26H30F2N6O6/c1-15(2)21(31-23(35)16-4-3-5-29-12-16)24(36)33-8-6-32(7-9-33)22-19(27)10-17(11-20(22)28)34-14-18(40-26(34)39)13-30-25(37)38/h3-5,10-12,15,18,21,30H,6-9,13-14H2,1-2H3,(H,31,35)(H,37,38)/t18-,21-/m0/s1. The summed E-state index contributed by atoms with van der Waals surface area (Å²) in [6.45, 7) is 4.06. The zero-order valence-electron chi connectivity index (χ0n) is 22.0. The van der Waals surface area contributed by atoms with Gasteiger partial charge in [-0.05, 0) is 18.1 Å². The highest BCUT2D eigenvalue weighted by Gasteiger charge is 2.35. The Morgan fingerprint density at radius 3 is 2.40 bits per heavy atom. The van der Waals surface area contributed by atoms with E-state index in [4.69, 9.17) is 9.84 Å². The first kappa shape index (κ1) is 28.5. The smallest absolute Gasteiger partial charge is 0.414 e. The molecule has 1 aromatic heterocycles. The molecule has 2 aromatic rings. The molecule has 3 N–H and O–H groups in total. The Balaban J connectivity index is 1.39. The van der Waals surface area contributed by atoms with Gasteiger partial charge in [-0.25, -0.2) is 18.4 Å². The normalized spacial score (nSPS) is 18.0. The molecule has 2 aliphatic heterocycles. The first-order chi connectivity index (χ1) is 19.0. The van der Waals surface area contributed by atoms with Gasteiger partial charge in [0.15, 0.2) is 11.6 Å². The lowest BCUT2D eigenvalue weighted by Gasteiger charge is -2.38. The molecule has 3 heterocycles. The van der Waals surface area contributed by atoms with Crippen molar-refractivity contribution in [3.05, 3.63) is 53.9 Å². The second-order valence-electron chi connectivity index (χ2n) is 9.81. The van der Waals surface area contributed by atoms with Crippen LogP contribution in [0.15, 0.2) is 36.7 Å². The van der Waals surface area contributed by atoms with Gasteiger partial charge >= 0.3 is 12.2 Å². The number of carboxylic acid groups (broad SMARTS) is 1. The van der Waals surface area contributed by atoms with Gasteiger partial charge in [-0.3, -0.25) is 19.5 Å². The molecule has 2 saturated heterocycles. The fourth-order valence-corrected chi connectivity index (χ4v) is 4.63. The van der Waals surface area contributed by atoms with E-state index in [1.807, 2.05) is 13.8 Å². The number of rotatable bonds is 8. The number of amides is 4. The number of pyridine rings is 1. The number of carbonyl (C=O) groups is 4. The summed E-state index contributed by atoms with van der Waals surface area (Å²) in [4.78, 5) is 56.7. The Bertz CT molecular complexity index is 1250. The summed E-state index contributed by atoms with van der Waals surface area (Å²) in [6, 6.07) is 4.47. The van der Waals surface area contributed by atoms with Crippen LogP contribution in [-0.4, -0.2) is 90.4 Å². The number of nitrogens with one attached hydrogen (secondary N) is 2. The van der Waals surface area contributed by atoms with Crippen molar-refractivity contribution >= 4 is 35.4 Å². The number of anilines is 2. The number of benzene rings is 1. The summed E-state index contributed by atoms with van der Waals surface area (Å²) in [5.41, 5.74) is -0.00729. The molecule has 0 aliphatic carbocycles. The zero-order valence-corrected chi connectivity index (χ0v) is 22.0. The first-order valence-electron chi connectivity index (χ1n) is 12.7. The Morgan fingerprint density at radius 1 is 1.15 bits per heavy atom. The van der Waals surface area contributed by atoms with E-state index < -0.39 is 41.9 Å². The molecule has 4 amide bonds. The maximum absolute atomic E-state index is 15.1. The summed E-state index contributed by atoms with van der Waals surface area (Å²) in [5.74, 6) is -2.70. The minimum Gasteiger partial charge on any atom is -0.465 e. The Morgan fingerprint density at radius 2 is 1.82 bits per heavy atom. The molecular formula is C26H30F2N6O6. The van der Waals surface area contributed by atoms with Gasteiger partial charge < -0.3 is 30.3 Å². The molecule has 2 fully saturated rings. The molecule has 0 radical (unpaired) electrons. The minimum atomic E-state index is -1.29. The predicted octanol–water partition coefficient (Wildman–Crippen LogP) is 2.06. The summed E-state index contributed by atoms with van der Waals surface area (Å²) in [7, 11) is 0. The van der Waals surface area contributed by atoms with Gasteiger partial charge in [0.05, 0.1) is 24.3 Å². The fourth-order valence-electron chi connectivity index (χ4n) is 4.63. The van der Waals surface area contributed by atoms with Crippen LogP contribution < -0.4 is 20.4 Å². The second-order valence-corrected chi connectivity index (χ2v) is 9.81. The lowest BCUT2D eigenvalue weighted by molar-refractivity contribution is -0.134. The average molecular weight is 561 g/mol. The zero-order chi connectivity index (χ0) is 29.0. The van der Waals surface area contributed by atoms with E-state index in [2.05, 4.69) is 15.6 Å². The molecule has 0 saturated carbocycles. The second kappa shape index (κ2) is 12.1. The molecular weight excluding hydrogens is 530 g/mol. The highest BCUT2D eigenvalue weighted by molar-refractivity contribution is 5.97. The predicted molar refractivity (Wildman–Crippen MR) is 139 cm³/mol. The summed E-state index contributed by atoms with van der Waals surface area (Å²) < 4.78 is 35.3. The molecule has 214 valence electrons.